The van der Waals surface area contributed by atoms with E-state index >= 15 is 0 Å². The summed E-state index contributed by atoms with van der Waals surface area (Å²) in [5.41, 5.74) is 8.26. The summed E-state index contributed by atoms with van der Waals surface area (Å²) >= 11 is 2.06. The first-order chi connectivity index (χ1) is 7.38. The maximum atomic E-state index is 5.63. The molecule has 2 rings (SSSR count). The fourth-order valence-electron chi connectivity index (χ4n) is 1.87. The lowest BCUT2D eigenvalue weighted by Gasteiger charge is -2.26. The third-order valence-electron chi connectivity index (χ3n) is 2.74. The SMILES string of the molecule is NCc1cccc(CN2CCSCC2)c1. The van der Waals surface area contributed by atoms with E-state index in [0.29, 0.717) is 6.54 Å². The maximum Gasteiger partial charge on any atom is 0.0234 e. The van der Waals surface area contributed by atoms with Crippen molar-refractivity contribution in [1.82, 2.24) is 4.90 Å². The van der Waals surface area contributed by atoms with Gasteiger partial charge in [0.1, 0.15) is 0 Å². The van der Waals surface area contributed by atoms with Gasteiger partial charge in [-0.1, -0.05) is 24.3 Å². The lowest BCUT2D eigenvalue weighted by Crippen LogP contribution is -2.31. The van der Waals surface area contributed by atoms with E-state index in [1.54, 1.807) is 0 Å². The van der Waals surface area contributed by atoms with E-state index in [2.05, 4.69) is 40.9 Å². The molecule has 1 aromatic rings. The minimum Gasteiger partial charge on any atom is -0.326 e. The molecule has 0 radical (unpaired) electrons. The van der Waals surface area contributed by atoms with Crippen molar-refractivity contribution < 1.29 is 0 Å². The van der Waals surface area contributed by atoms with Crippen LogP contribution in [0.1, 0.15) is 11.1 Å². The summed E-state index contributed by atoms with van der Waals surface area (Å²) < 4.78 is 0. The highest BCUT2D eigenvalue weighted by Crippen LogP contribution is 2.13. The Labute approximate surface area is 95.8 Å². The van der Waals surface area contributed by atoms with Gasteiger partial charge in [-0.2, -0.15) is 11.8 Å². The molecule has 1 aromatic carbocycles. The average Bonchev–Trinajstić information content (AvgIpc) is 2.31. The van der Waals surface area contributed by atoms with E-state index in [1.807, 2.05) is 0 Å². The molecule has 1 saturated heterocycles. The lowest BCUT2D eigenvalue weighted by atomic mass is 10.1. The molecule has 1 aliphatic heterocycles. The average molecular weight is 222 g/mol. The number of nitrogens with two attached hydrogens (primary N) is 1. The van der Waals surface area contributed by atoms with Crippen LogP contribution in [-0.4, -0.2) is 29.5 Å². The van der Waals surface area contributed by atoms with Crippen molar-refractivity contribution in [1.29, 1.82) is 0 Å². The highest BCUT2D eigenvalue weighted by atomic mass is 32.2. The lowest BCUT2D eigenvalue weighted by molar-refractivity contribution is 0.294. The summed E-state index contributed by atoms with van der Waals surface area (Å²) in [7, 11) is 0. The van der Waals surface area contributed by atoms with Gasteiger partial charge in [-0.05, 0) is 11.1 Å². The van der Waals surface area contributed by atoms with Gasteiger partial charge in [-0.15, -0.1) is 0 Å². The molecule has 0 amide bonds. The molecule has 0 unspecified atom stereocenters. The van der Waals surface area contributed by atoms with Gasteiger partial charge in [0.15, 0.2) is 0 Å². The first-order valence-electron chi connectivity index (χ1n) is 5.46. The Kier molecular flexibility index (Phi) is 4.06. The van der Waals surface area contributed by atoms with Gasteiger partial charge < -0.3 is 5.73 Å². The smallest absolute Gasteiger partial charge is 0.0234 e. The van der Waals surface area contributed by atoms with Gasteiger partial charge in [0.2, 0.25) is 0 Å². The summed E-state index contributed by atoms with van der Waals surface area (Å²) in [5, 5.41) is 0. The number of hydrogen-bond acceptors (Lipinski definition) is 3. The number of hydrogen-bond donors (Lipinski definition) is 1. The molecular weight excluding hydrogens is 204 g/mol. The van der Waals surface area contributed by atoms with Crippen LogP contribution < -0.4 is 5.73 Å². The van der Waals surface area contributed by atoms with E-state index < -0.39 is 0 Å². The van der Waals surface area contributed by atoms with Gasteiger partial charge in [-0.3, -0.25) is 4.90 Å². The second kappa shape index (κ2) is 5.54. The molecule has 1 aliphatic rings. The van der Waals surface area contributed by atoms with Gasteiger partial charge in [-0.25, -0.2) is 0 Å². The largest absolute Gasteiger partial charge is 0.326 e. The van der Waals surface area contributed by atoms with Crippen LogP contribution in [0.15, 0.2) is 24.3 Å². The molecule has 1 heterocycles. The van der Waals surface area contributed by atoms with Crippen molar-refractivity contribution in [2.45, 2.75) is 13.1 Å². The van der Waals surface area contributed by atoms with E-state index in [1.165, 1.54) is 35.7 Å². The molecule has 2 N–H and O–H groups in total. The second-order valence-corrected chi connectivity index (χ2v) is 5.14. The van der Waals surface area contributed by atoms with Crippen LogP contribution in [0.3, 0.4) is 0 Å². The van der Waals surface area contributed by atoms with Crippen molar-refractivity contribution in [3.63, 3.8) is 0 Å². The van der Waals surface area contributed by atoms with E-state index in [9.17, 15) is 0 Å². The third-order valence-corrected chi connectivity index (χ3v) is 3.68. The van der Waals surface area contributed by atoms with Crippen LogP contribution in [0.5, 0.6) is 0 Å². The quantitative estimate of drug-likeness (QED) is 0.844. The number of benzene rings is 1. The zero-order chi connectivity index (χ0) is 10.5. The first-order valence-corrected chi connectivity index (χ1v) is 6.62. The van der Waals surface area contributed by atoms with Crippen LogP contribution in [0.2, 0.25) is 0 Å². The molecule has 0 spiro atoms. The Morgan fingerprint density at radius 1 is 1.20 bits per heavy atom. The second-order valence-electron chi connectivity index (χ2n) is 3.91. The van der Waals surface area contributed by atoms with Crippen molar-refractivity contribution in [3.8, 4) is 0 Å². The Morgan fingerprint density at radius 3 is 2.67 bits per heavy atom. The molecule has 0 aliphatic carbocycles. The van der Waals surface area contributed by atoms with Crippen molar-refractivity contribution in [2.75, 3.05) is 24.6 Å². The fraction of sp³-hybridized carbons (Fsp3) is 0.500. The van der Waals surface area contributed by atoms with E-state index in [4.69, 9.17) is 5.73 Å². The van der Waals surface area contributed by atoms with E-state index in [0.717, 1.165) is 6.54 Å². The fourth-order valence-corrected chi connectivity index (χ4v) is 2.85. The van der Waals surface area contributed by atoms with Gasteiger partial charge in [0.25, 0.3) is 0 Å². The van der Waals surface area contributed by atoms with Crippen LogP contribution in [0, 0.1) is 0 Å². The Bertz CT molecular complexity index is 308. The van der Waals surface area contributed by atoms with Gasteiger partial charge >= 0.3 is 0 Å². The maximum absolute atomic E-state index is 5.63. The minimum absolute atomic E-state index is 0.643. The third kappa shape index (κ3) is 3.23. The van der Waals surface area contributed by atoms with E-state index in [-0.39, 0.29) is 0 Å². The number of rotatable bonds is 3. The molecular formula is C12H18N2S. The monoisotopic (exact) mass is 222 g/mol. The zero-order valence-corrected chi connectivity index (χ0v) is 9.80. The van der Waals surface area contributed by atoms with Crippen molar-refractivity contribution in [3.05, 3.63) is 35.4 Å². The Morgan fingerprint density at radius 2 is 1.93 bits per heavy atom. The van der Waals surface area contributed by atoms with Gasteiger partial charge in [0, 0.05) is 37.7 Å². The number of thioether (sulfide) groups is 1. The summed E-state index contributed by atoms with van der Waals surface area (Å²) in [4.78, 5) is 2.52. The zero-order valence-electron chi connectivity index (χ0n) is 8.98. The first kappa shape index (κ1) is 11.0. The highest BCUT2D eigenvalue weighted by molar-refractivity contribution is 7.99. The van der Waals surface area contributed by atoms with Crippen molar-refractivity contribution >= 4 is 11.8 Å². The molecule has 2 nitrogen and oxygen atoms in total. The molecule has 3 heteroatoms. The molecule has 15 heavy (non-hydrogen) atoms. The summed E-state index contributed by atoms with van der Waals surface area (Å²) in [5.74, 6) is 2.55. The molecule has 0 saturated carbocycles. The van der Waals surface area contributed by atoms with Crippen LogP contribution in [0.25, 0.3) is 0 Å². The molecule has 82 valence electrons. The Balaban J connectivity index is 1.96. The molecule has 0 atom stereocenters. The van der Waals surface area contributed by atoms with Gasteiger partial charge in [0.05, 0.1) is 0 Å². The topological polar surface area (TPSA) is 29.3 Å². The standard InChI is InChI=1S/C12H18N2S/c13-9-11-2-1-3-12(8-11)10-14-4-6-15-7-5-14/h1-3,8H,4-7,9-10,13H2. The normalized spacial score (nSPS) is 17.9. The molecule has 0 bridgehead atoms. The predicted octanol–water partition coefficient (Wildman–Crippen LogP) is 1.69. The van der Waals surface area contributed by atoms with Crippen molar-refractivity contribution in [2.24, 2.45) is 5.73 Å². The number of nitrogens with zero attached hydrogens (tertiary/aromatic N) is 1. The molecule has 0 aromatic heterocycles. The molecule has 1 fully saturated rings. The summed E-state index contributed by atoms with van der Waals surface area (Å²) in [6.07, 6.45) is 0. The van der Waals surface area contributed by atoms with Crippen LogP contribution >= 0.6 is 11.8 Å². The summed E-state index contributed by atoms with van der Waals surface area (Å²) in [6, 6.07) is 8.62. The van der Waals surface area contributed by atoms with Crippen LogP contribution in [-0.2, 0) is 13.1 Å². The predicted molar refractivity (Wildman–Crippen MR) is 66.9 cm³/mol. The minimum atomic E-state index is 0.643. The Hall–Kier alpha value is -0.510. The van der Waals surface area contributed by atoms with Crippen LogP contribution in [0.4, 0.5) is 0 Å². The highest BCUT2D eigenvalue weighted by Gasteiger charge is 2.10. The summed E-state index contributed by atoms with van der Waals surface area (Å²) in [6.45, 7) is 4.16.